The number of halogens is 1. The lowest BCUT2D eigenvalue weighted by Crippen LogP contribution is -2.51. The second kappa shape index (κ2) is 7.66. The number of fused-ring (bicyclic) bond motifs is 1. The van der Waals surface area contributed by atoms with Crippen LogP contribution < -0.4 is 19.7 Å². The van der Waals surface area contributed by atoms with E-state index in [-0.39, 0.29) is 25.0 Å². The molecule has 0 saturated heterocycles. The van der Waals surface area contributed by atoms with Gasteiger partial charge >= 0.3 is 0 Å². The predicted molar refractivity (Wildman–Crippen MR) is 99.0 cm³/mol. The second-order valence-electron chi connectivity index (χ2n) is 5.92. The molecule has 2 aromatic rings. The minimum Gasteiger partial charge on any atom is -0.482 e. The van der Waals surface area contributed by atoms with Gasteiger partial charge in [-0.3, -0.25) is 9.59 Å². The topological polar surface area (TPSA) is 67.9 Å². The van der Waals surface area contributed by atoms with Crippen LogP contribution >= 0.6 is 11.6 Å². The van der Waals surface area contributed by atoms with Crippen molar-refractivity contribution in [3.8, 4) is 11.5 Å². The molecule has 1 atom stereocenters. The van der Waals surface area contributed by atoms with E-state index in [1.165, 1.54) is 11.9 Å². The number of hydrogen-bond donors (Lipinski definition) is 1. The van der Waals surface area contributed by atoms with Crippen LogP contribution in [0.4, 0.5) is 5.69 Å². The number of carbonyl (C=O) groups excluding carboxylic acids is 2. The SMILES string of the molecule is CNC(=O)[C@@H]1CN(C(=O)COc2cc(C)ccc2Cl)c2ccccc2O1. The summed E-state index contributed by atoms with van der Waals surface area (Å²) in [4.78, 5) is 26.2. The fraction of sp³-hybridized carbons (Fsp3) is 0.263. The Morgan fingerprint density at radius 1 is 1.31 bits per heavy atom. The Morgan fingerprint density at radius 2 is 2.08 bits per heavy atom. The summed E-state index contributed by atoms with van der Waals surface area (Å²) in [5.41, 5.74) is 1.59. The first-order valence-corrected chi connectivity index (χ1v) is 8.54. The second-order valence-corrected chi connectivity index (χ2v) is 6.32. The number of likely N-dealkylation sites (N-methyl/N-ethyl adjacent to an activating group) is 1. The third-order valence-corrected chi connectivity index (χ3v) is 4.36. The molecule has 26 heavy (non-hydrogen) atoms. The fourth-order valence-corrected chi connectivity index (χ4v) is 2.88. The molecule has 1 N–H and O–H groups in total. The summed E-state index contributed by atoms with van der Waals surface area (Å²) in [5.74, 6) is 0.353. The van der Waals surface area contributed by atoms with Crippen molar-refractivity contribution in [3.63, 3.8) is 0 Å². The fourth-order valence-electron chi connectivity index (χ4n) is 2.71. The molecule has 1 heterocycles. The molecule has 3 rings (SSSR count). The van der Waals surface area contributed by atoms with Gasteiger partial charge in [-0.1, -0.05) is 29.8 Å². The minimum atomic E-state index is -0.776. The molecule has 6 nitrogen and oxygen atoms in total. The summed E-state index contributed by atoms with van der Waals surface area (Å²) in [6.07, 6.45) is -0.776. The number of aryl methyl sites for hydroxylation is 1. The number of benzene rings is 2. The summed E-state index contributed by atoms with van der Waals surface area (Å²) >= 11 is 6.11. The van der Waals surface area contributed by atoms with Crippen molar-refractivity contribution in [1.29, 1.82) is 0 Å². The first-order chi connectivity index (χ1) is 12.5. The van der Waals surface area contributed by atoms with Crippen LogP contribution in [-0.2, 0) is 9.59 Å². The molecule has 7 heteroatoms. The van der Waals surface area contributed by atoms with Gasteiger partial charge in [-0.25, -0.2) is 0 Å². The third-order valence-electron chi connectivity index (χ3n) is 4.05. The Labute approximate surface area is 156 Å². The predicted octanol–water partition coefficient (Wildman–Crippen LogP) is 2.57. The maximum Gasteiger partial charge on any atom is 0.265 e. The highest BCUT2D eigenvalue weighted by molar-refractivity contribution is 6.32. The number of rotatable bonds is 4. The molecule has 136 valence electrons. The highest BCUT2D eigenvalue weighted by atomic mass is 35.5. The summed E-state index contributed by atoms with van der Waals surface area (Å²) in [6.45, 7) is 1.83. The van der Waals surface area contributed by atoms with Gasteiger partial charge in [0, 0.05) is 7.05 Å². The number of ether oxygens (including phenoxy) is 2. The molecule has 0 unspecified atom stereocenters. The summed E-state index contributed by atoms with van der Waals surface area (Å²) in [6, 6.07) is 12.5. The maximum atomic E-state index is 12.8. The van der Waals surface area contributed by atoms with E-state index in [1.807, 2.05) is 13.0 Å². The van der Waals surface area contributed by atoms with Crippen molar-refractivity contribution >= 4 is 29.1 Å². The smallest absolute Gasteiger partial charge is 0.265 e. The molecule has 1 aliphatic heterocycles. The number of nitrogens with zero attached hydrogens (tertiary/aromatic N) is 1. The Bertz CT molecular complexity index is 840. The highest BCUT2D eigenvalue weighted by Gasteiger charge is 2.33. The van der Waals surface area contributed by atoms with Gasteiger partial charge in [0.1, 0.15) is 11.5 Å². The molecule has 0 bridgehead atoms. The average Bonchev–Trinajstić information content (AvgIpc) is 2.66. The quantitative estimate of drug-likeness (QED) is 0.893. The number of anilines is 1. The summed E-state index contributed by atoms with van der Waals surface area (Å²) in [7, 11) is 1.53. The molecule has 0 aromatic heterocycles. The standard InChI is InChI=1S/C19H19ClN2O4/c1-12-7-8-13(20)16(9-12)25-11-18(23)22-10-17(19(24)21-2)26-15-6-4-3-5-14(15)22/h3-9,17H,10-11H2,1-2H3,(H,21,24)/t17-/m0/s1. The molecule has 1 aliphatic rings. The Morgan fingerprint density at radius 3 is 2.85 bits per heavy atom. The van der Waals surface area contributed by atoms with Crippen molar-refractivity contribution in [3.05, 3.63) is 53.1 Å². The van der Waals surface area contributed by atoms with Crippen molar-refractivity contribution in [2.24, 2.45) is 0 Å². The van der Waals surface area contributed by atoms with Crippen LogP contribution in [0.2, 0.25) is 5.02 Å². The number of carbonyl (C=O) groups is 2. The number of para-hydroxylation sites is 2. The van der Waals surface area contributed by atoms with Crippen LogP contribution in [0.15, 0.2) is 42.5 Å². The maximum absolute atomic E-state index is 12.8. The number of hydrogen-bond acceptors (Lipinski definition) is 4. The van der Waals surface area contributed by atoms with E-state index in [0.717, 1.165) is 5.56 Å². The van der Waals surface area contributed by atoms with Crippen molar-refractivity contribution < 1.29 is 19.1 Å². The average molecular weight is 375 g/mol. The van der Waals surface area contributed by atoms with Gasteiger partial charge in [-0.2, -0.15) is 0 Å². The normalized spacial score (nSPS) is 15.7. The van der Waals surface area contributed by atoms with Gasteiger partial charge in [-0.15, -0.1) is 0 Å². The minimum absolute atomic E-state index is 0.112. The third kappa shape index (κ3) is 3.75. The van der Waals surface area contributed by atoms with E-state index in [4.69, 9.17) is 21.1 Å². The number of amides is 2. The molecule has 0 radical (unpaired) electrons. The van der Waals surface area contributed by atoms with Crippen LogP contribution in [0.1, 0.15) is 5.56 Å². The van der Waals surface area contributed by atoms with Crippen molar-refractivity contribution in [2.75, 3.05) is 25.1 Å². The Balaban J connectivity index is 1.79. The Hall–Kier alpha value is -2.73. The molecule has 0 spiro atoms. The molecular formula is C19H19ClN2O4. The van der Waals surface area contributed by atoms with Gasteiger partial charge in [0.05, 0.1) is 17.3 Å². The van der Waals surface area contributed by atoms with E-state index < -0.39 is 6.10 Å². The first-order valence-electron chi connectivity index (χ1n) is 8.16. The van der Waals surface area contributed by atoms with Crippen molar-refractivity contribution in [2.45, 2.75) is 13.0 Å². The first kappa shape index (κ1) is 18.1. The summed E-state index contributed by atoms with van der Waals surface area (Å²) in [5, 5.41) is 2.98. The largest absolute Gasteiger partial charge is 0.482 e. The van der Waals surface area contributed by atoms with Crippen LogP contribution in [0.5, 0.6) is 11.5 Å². The highest BCUT2D eigenvalue weighted by Crippen LogP contribution is 2.33. The van der Waals surface area contributed by atoms with Crippen LogP contribution in [0.25, 0.3) is 0 Å². The molecular weight excluding hydrogens is 356 g/mol. The van der Waals surface area contributed by atoms with Gasteiger partial charge in [0.25, 0.3) is 11.8 Å². The monoisotopic (exact) mass is 374 g/mol. The van der Waals surface area contributed by atoms with Gasteiger partial charge in [0.15, 0.2) is 12.7 Å². The van der Waals surface area contributed by atoms with Crippen LogP contribution in [-0.4, -0.2) is 38.1 Å². The van der Waals surface area contributed by atoms with Gasteiger partial charge < -0.3 is 19.7 Å². The van der Waals surface area contributed by atoms with E-state index in [2.05, 4.69) is 5.32 Å². The summed E-state index contributed by atoms with van der Waals surface area (Å²) < 4.78 is 11.3. The van der Waals surface area contributed by atoms with E-state index in [9.17, 15) is 9.59 Å². The zero-order chi connectivity index (χ0) is 18.7. The van der Waals surface area contributed by atoms with Gasteiger partial charge in [-0.05, 0) is 36.8 Å². The number of nitrogens with one attached hydrogen (secondary N) is 1. The molecule has 0 aliphatic carbocycles. The van der Waals surface area contributed by atoms with Crippen LogP contribution in [0.3, 0.4) is 0 Å². The van der Waals surface area contributed by atoms with E-state index in [0.29, 0.717) is 22.2 Å². The molecule has 2 amide bonds. The lowest BCUT2D eigenvalue weighted by Gasteiger charge is -2.33. The van der Waals surface area contributed by atoms with Crippen LogP contribution in [0, 0.1) is 6.92 Å². The lowest BCUT2D eigenvalue weighted by atomic mass is 10.1. The molecule has 0 saturated carbocycles. The lowest BCUT2D eigenvalue weighted by molar-refractivity contribution is -0.128. The van der Waals surface area contributed by atoms with Gasteiger partial charge in [0.2, 0.25) is 0 Å². The zero-order valence-electron chi connectivity index (χ0n) is 14.5. The van der Waals surface area contributed by atoms with Crippen molar-refractivity contribution in [1.82, 2.24) is 5.32 Å². The zero-order valence-corrected chi connectivity index (χ0v) is 15.2. The van der Waals surface area contributed by atoms with E-state index >= 15 is 0 Å². The van der Waals surface area contributed by atoms with E-state index in [1.54, 1.807) is 36.4 Å². The molecule has 0 fully saturated rings. The Kier molecular flexibility index (Phi) is 5.32. The molecule has 2 aromatic carbocycles.